The van der Waals surface area contributed by atoms with Crippen LogP contribution in [-0.4, -0.2) is 22.8 Å². The third-order valence-electron chi connectivity index (χ3n) is 5.17. The Labute approximate surface area is 166 Å². The van der Waals surface area contributed by atoms with E-state index in [1.807, 2.05) is 6.07 Å². The normalized spacial score (nSPS) is 11.0. The monoisotopic (exact) mass is 378 g/mol. The van der Waals surface area contributed by atoms with E-state index in [4.69, 9.17) is 4.74 Å². The van der Waals surface area contributed by atoms with Crippen LogP contribution < -0.4 is 0 Å². The van der Waals surface area contributed by atoms with Gasteiger partial charge >= 0.3 is 5.97 Å². The molecule has 0 bridgehead atoms. The standard InChI is InChI=1S/C23H42N2O2/c1-3-5-6-7-8-9-10-11-12-13-14-15-16-17-18-19-21-20-22(25-24-21)23(26)27-4-2/h20H,3-19H2,1-2H3,(H,24,25). The number of hydrogen-bond donors (Lipinski definition) is 1. The van der Waals surface area contributed by atoms with Crippen LogP contribution in [0.3, 0.4) is 0 Å². The molecule has 1 heterocycles. The fraction of sp³-hybridized carbons (Fsp3) is 0.826. The second-order valence-corrected chi connectivity index (χ2v) is 7.70. The smallest absolute Gasteiger partial charge is 0.358 e. The van der Waals surface area contributed by atoms with Gasteiger partial charge in [0.05, 0.1) is 6.61 Å². The molecule has 156 valence electrons. The van der Waals surface area contributed by atoms with Crippen molar-refractivity contribution < 1.29 is 9.53 Å². The molecule has 0 spiro atoms. The fourth-order valence-electron chi connectivity index (χ4n) is 3.49. The molecule has 0 saturated carbocycles. The molecule has 0 fully saturated rings. The Hall–Kier alpha value is -1.32. The number of hydrogen-bond acceptors (Lipinski definition) is 3. The Balaban J connectivity index is 1.85. The zero-order valence-electron chi connectivity index (χ0n) is 17.9. The third kappa shape index (κ3) is 12.6. The lowest BCUT2D eigenvalue weighted by Crippen LogP contribution is -2.04. The van der Waals surface area contributed by atoms with Gasteiger partial charge in [0.2, 0.25) is 0 Å². The van der Waals surface area contributed by atoms with Crippen LogP contribution in [0.5, 0.6) is 0 Å². The van der Waals surface area contributed by atoms with Gasteiger partial charge in [0.15, 0.2) is 5.69 Å². The van der Waals surface area contributed by atoms with Crippen molar-refractivity contribution in [3.63, 3.8) is 0 Å². The number of nitrogens with zero attached hydrogens (tertiary/aromatic N) is 1. The number of esters is 1. The van der Waals surface area contributed by atoms with Gasteiger partial charge in [-0.15, -0.1) is 0 Å². The van der Waals surface area contributed by atoms with Gasteiger partial charge in [0.25, 0.3) is 0 Å². The van der Waals surface area contributed by atoms with Crippen LogP contribution in [0.25, 0.3) is 0 Å². The van der Waals surface area contributed by atoms with Crippen LogP contribution in [0.4, 0.5) is 0 Å². The average Bonchev–Trinajstić information content (AvgIpc) is 3.14. The van der Waals surface area contributed by atoms with E-state index in [-0.39, 0.29) is 5.97 Å². The van der Waals surface area contributed by atoms with Crippen molar-refractivity contribution in [2.24, 2.45) is 0 Å². The molecule has 0 radical (unpaired) electrons. The van der Waals surface area contributed by atoms with Crippen molar-refractivity contribution in [2.45, 2.75) is 117 Å². The third-order valence-corrected chi connectivity index (χ3v) is 5.17. The molecular weight excluding hydrogens is 336 g/mol. The first kappa shape index (κ1) is 23.7. The predicted octanol–water partition coefficient (Wildman–Crippen LogP) is 7.00. The molecular formula is C23H42N2O2. The summed E-state index contributed by atoms with van der Waals surface area (Å²) >= 11 is 0. The Kier molecular flexibility index (Phi) is 14.8. The van der Waals surface area contributed by atoms with Crippen molar-refractivity contribution in [1.82, 2.24) is 10.2 Å². The SMILES string of the molecule is CCCCCCCCCCCCCCCCCc1cc(C(=O)OCC)n[nH]1. The van der Waals surface area contributed by atoms with Gasteiger partial charge in [0.1, 0.15) is 0 Å². The van der Waals surface area contributed by atoms with Gasteiger partial charge in [-0.1, -0.05) is 96.8 Å². The van der Waals surface area contributed by atoms with Crippen LogP contribution >= 0.6 is 0 Å². The van der Waals surface area contributed by atoms with E-state index in [2.05, 4.69) is 17.1 Å². The van der Waals surface area contributed by atoms with E-state index < -0.39 is 0 Å². The van der Waals surface area contributed by atoms with E-state index in [0.29, 0.717) is 12.3 Å². The molecule has 27 heavy (non-hydrogen) atoms. The molecule has 1 aromatic heterocycles. The molecule has 0 amide bonds. The Bertz CT molecular complexity index is 471. The minimum absolute atomic E-state index is 0.337. The number of carbonyl (C=O) groups excluding carboxylic acids is 1. The van der Waals surface area contributed by atoms with Gasteiger partial charge < -0.3 is 4.74 Å². The average molecular weight is 379 g/mol. The number of nitrogens with one attached hydrogen (secondary N) is 1. The van der Waals surface area contributed by atoms with Gasteiger partial charge in [-0.25, -0.2) is 4.79 Å². The summed E-state index contributed by atoms with van der Waals surface area (Å²) in [5.74, 6) is -0.337. The van der Waals surface area contributed by atoms with Crippen molar-refractivity contribution in [3.05, 3.63) is 17.5 Å². The highest BCUT2D eigenvalue weighted by atomic mass is 16.5. The summed E-state index contributed by atoms with van der Waals surface area (Å²) in [6.07, 6.45) is 21.6. The second-order valence-electron chi connectivity index (χ2n) is 7.70. The number of H-pyrrole nitrogens is 1. The number of ether oxygens (including phenoxy) is 1. The molecule has 0 aliphatic heterocycles. The highest BCUT2D eigenvalue weighted by molar-refractivity contribution is 5.87. The molecule has 4 heteroatoms. The van der Waals surface area contributed by atoms with Gasteiger partial charge in [-0.2, -0.15) is 5.10 Å². The van der Waals surface area contributed by atoms with Crippen molar-refractivity contribution in [2.75, 3.05) is 6.61 Å². The Morgan fingerprint density at radius 1 is 0.815 bits per heavy atom. The molecule has 0 aliphatic rings. The van der Waals surface area contributed by atoms with Crippen molar-refractivity contribution in [3.8, 4) is 0 Å². The fourth-order valence-corrected chi connectivity index (χ4v) is 3.49. The van der Waals surface area contributed by atoms with Gasteiger partial charge in [-0.3, -0.25) is 5.10 Å². The summed E-state index contributed by atoms with van der Waals surface area (Å²) in [5, 5.41) is 6.97. The molecule has 0 saturated heterocycles. The van der Waals surface area contributed by atoms with E-state index in [9.17, 15) is 4.79 Å². The summed E-state index contributed by atoms with van der Waals surface area (Å²) in [6, 6.07) is 1.82. The first-order valence-corrected chi connectivity index (χ1v) is 11.5. The van der Waals surface area contributed by atoms with Crippen LogP contribution in [0, 0.1) is 0 Å². The molecule has 1 rings (SSSR count). The van der Waals surface area contributed by atoms with Crippen LogP contribution in [0.15, 0.2) is 6.07 Å². The van der Waals surface area contributed by atoms with Crippen LogP contribution in [0.2, 0.25) is 0 Å². The second kappa shape index (κ2) is 16.8. The van der Waals surface area contributed by atoms with Crippen LogP contribution in [0.1, 0.15) is 126 Å². The zero-order valence-corrected chi connectivity index (χ0v) is 17.9. The highest BCUT2D eigenvalue weighted by Crippen LogP contribution is 2.14. The van der Waals surface area contributed by atoms with Gasteiger partial charge in [-0.05, 0) is 25.8 Å². The minimum atomic E-state index is -0.337. The quantitative estimate of drug-likeness (QED) is 0.221. The number of aromatic nitrogens is 2. The lowest BCUT2D eigenvalue weighted by molar-refractivity contribution is 0.0519. The summed E-state index contributed by atoms with van der Waals surface area (Å²) in [4.78, 5) is 11.6. The Morgan fingerprint density at radius 2 is 1.30 bits per heavy atom. The molecule has 0 aliphatic carbocycles. The highest BCUT2D eigenvalue weighted by Gasteiger charge is 2.10. The summed E-state index contributed by atoms with van der Waals surface area (Å²) in [7, 11) is 0. The number of aromatic amines is 1. The topological polar surface area (TPSA) is 55.0 Å². The molecule has 0 unspecified atom stereocenters. The maximum absolute atomic E-state index is 11.6. The molecule has 1 N–H and O–H groups in total. The molecule has 0 atom stereocenters. The van der Waals surface area contributed by atoms with Crippen molar-refractivity contribution >= 4 is 5.97 Å². The first-order chi connectivity index (χ1) is 13.3. The Morgan fingerprint density at radius 3 is 1.78 bits per heavy atom. The number of rotatable bonds is 18. The number of carbonyl (C=O) groups is 1. The lowest BCUT2D eigenvalue weighted by Gasteiger charge is -2.03. The zero-order chi connectivity index (χ0) is 19.6. The maximum Gasteiger partial charge on any atom is 0.358 e. The van der Waals surface area contributed by atoms with E-state index in [0.717, 1.165) is 18.5 Å². The molecule has 4 nitrogen and oxygen atoms in total. The predicted molar refractivity (Wildman–Crippen MR) is 113 cm³/mol. The van der Waals surface area contributed by atoms with Crippen molar-refractivity contribution in [1.29, 1.82) is 0 Å². The van der Waals surface area contributed by atoms with E-state index >= 15 is 0 Å². The largest absolute Gasteiger partial charge is 0.461 e. The van der Waals surface area contributed by atoms with E-state index in [1.165, 1.54) is 89.9 Å². The molecule has 1 aromatic rings. The molecule has 0 aromatic carbocycles. The number of unbranched alkanes of at least 4 members (excludes halogenated alkanes) is 14. The summed E-state index contributed by atoms with van der Waals surface area (Å²) in [6.45, 7) is 4.48. The summed E-state index contributed by atoms with van der Waals surface area (Å²) in [5.41, 5.74) is 1.43. The minimum Gasteiger partial charge on any atom is -0.461 e. The maximum atomic E-state index is 11.6. The number of aryl methyl sites for hydroxylation is 1. The van der Waals surface area contributed by atoms with Gasteiger partial charge in [0, 0.05) is 5.69 Å². The van der Waals surface area contributed by atoms with Crippen LogP contribution in [-0.2, 0) is 11.2 Å². The lowest BCUT2D eigenvalue weighted by atomic mass is 10.0. The summed E-state index contributed by atoms with van der Waals surface area (Å²) < 4.78 is 4.95. The first-order valence-electron chi connectivity index (χ1n) is 11.5. The van der Waals surface area contributed by atoms with E-state index in [1.54, 1.807) is 6.92 Å².